The minimum Gasteiger partial charge on any atom is -0.368 e. The van der Waals surface area contributed by atoms with Crippen LogP contribution < -0.4 is 11.1 Å². The average molecular weight is 291 g/mol. The Morgan fingerprint density at radius 2 is 1.90 bits per heavy atom. The van der Waals surface area contributed by atoms with Gasteiger partial charge in [0.25, 0.3) is 0 Å². The Kier molecular flexibility index (Phi) is 3.90. The molecule has 20 heavy (non-hydrogen) atoms. The third-order valence-corrected chi connectivity index (χ3v) is 2.98. The molecule has 1 heterocycles. The number of hydrogen-bond donors (Lipinski definition) is 2. The summed E-state index contributed by atoms with van der Waals surface area (Å²) in [7, 11) is 0. The number of hydrogen-bond acceptors (Lipinski definition) is 4. The highest BCUT2D eigenvalue weighted by molar-refractivity contribution is 6.29. The van der Waals surface area contributed by atoms with Gasteiger partial charge in [0, 0.05) is 11.6 Å². The standard InChI is InChI=1S/C14H15ClN4O/c1-14(2,13(16)20)19-11-8-10(15)17-12(18-11)9-6-4-3-5-7-9/h3-8H,1-2H3,(H2,16,20)(H,17,18,19). The molecule has 1 aromatic heterocycles. The Labute approximate surface area is 122 Å². The molecule has 1 amide bonds. The molecule has 0 fully saturated rings. The third-order valence-electron chi connectivity index (χ3n) is 2.78. The van der Waals surface area contributed by atoms with Crippen molar-refractivity contribution >= 4 is 23.3 Å². The van der Waals surface area contributed by atoms with E-state index in [-0.39, 0.29) is 0 Å². The van der Waals surface area contributed by atoms with E-state index < -0.39 is 11.4 Å². The summed E-state index contributed by atoms with van der Waals surface area (Å²) in [6, 6.07) is 11.0. The summed E-state index contributed by atoms with van der Waals surface area (Å²) in [6.45, 7) is 3.35. The number of nitrogens with one attached hydrogen (secondary N) is 1. The lowest BCUT2D eigenvalue weighted by atomic mass is 10.1. The van der Waals surface area contributed by atoms with Gasteiger partial charge in [-0.05, 0) is 13.8 Å². The molecule has 0 aliphatic carbocycles. The van der Waals surface area contributed by atoms with Gasteiger partial charge in [-0.25, -0.2) is 9.97 Å². The van der Waals surface area contributed by atoms with E-state index in [4.69, 9.17) is 17.3 Å². The molecule has 6 heteroatoms. The molecule has 2 rings (SSSR count). The van der Waals surface area contributed by atoms with Gasteiger partial charge in [-0.15, -0.1) is 0 Å². The molecular weight excluding hydrogens is 276 g/mol. The molecule has 0 bridgehead atoms. The molecule has 2 aromatic rings. The molecule has 0 saturated carbocycles. The normalized spacial score (nSPS) is 11.2. The number of halogens is 1. The van der Waals surface area contributed by atoms with Crippen LogP contribution in [0.5, 0.6) is 0 Å². The number of carbonyl (C=O) groups excluding carboxylic acids is 1. The van der Waals surface area contributed by atoms with Crippen molar-refractivity contribution in [2.75, 3.05) is 5.32 Å². The van der Waals surface area contributed by atoms with Crippen LogP contribution >= 0.6 is 11.6 Å². The summed E-state index contributed by atoms with van der Waals surface area (Å²) >= 11 is 6.00. The quantitative estimate of drug-likeness (QED) is 0.848. The van der Waals surface area contributed by atoms with Crippen LogP contribution in [-0.2, 0) is 4.79 Å². The van der Waals surface area contributed by atoms with Gasteiger partial charge in [-0.1, -0.05) is 41.9 Å². The first kappa shape index (κ1) is 14.3. The number of nitrogens with two attached hydrogens (primary N) is 1. The highest BCUT2D eigenvalue weighted by atomic mass is 35.5. The Morgan fingerprint density at radius 1 is 1.25 bits per heavy atom. The highest BCUT2D eigenvalue weighted by Gasteiger charge is 2.25. The Morgan fingerprint density at radius 3 is 2.50 bits per heavy atom. The summed E-state index contributed by atoms with van der Waals surface area (Å²) in [5.41, 5.74) is 5.25. The van der Waals surface area contributed by atoms with Crippen LogP contribution in [0.15, 0.2) is 36.4 Å². The van der Waals surface area contributed by atoms with E-state index in [1.807, 2.05) is 30.3 Å². The van der Waals surface area contributed by atoms with Gasteiger partial charge < -0.3 is 11.1 Å². The van der Waals surface area contributed by atoms with E-state index in [1.54, 1.807) is 19.9 Å². The van der Waals surface area contributed by atoms with Gasteiger partial charge in [-0.3, -0.25) is 4.79 Å². The zero-order valence-corrected chi connectivity index (χ0v) is 12.0. The van der Waals surface area contributed by atoms with Crippen LogP contribution in [0.25, 0.3) is 11.4 Å². The maximum atomic E-state index is 11.3. The minimum absolute atomic E-state index is 0.293. The van der Waals surface area contributed by atoms with Crippen LogP contribution in [0.4, 0.5) is 5.82 Å². The van der Waals surface area contributed by atoms with Gasteiger partial charge in [-0.2, -0.15) is 0 Å². The van der Waals surface area contributed by atoms with E-state index in [0.29, 0.717) is 16.8 Å². The lowest BCUT2D eigenvalue weighted by molar-refractivity contribution is -0.121. The minimum atomic E-state index is -0.925. The molecule has 0 spiro atoms. The molecule has 1 aromatic carbocycles. The van der Waals surface area contributed by atoms with Gasteiger partial charge in [0.15, 0.2) is 5.82 Å². The second kappa shape index (κ2) is 5.46. The Balaban J connectivity index is 2.37. The van der Waals surface area contributed by atoms with Crippen LogP contribution in [0, 0.1) is 0 Å². The summed E-state index contributed by atoms with van der Waals surface area (Å²) < 4.78 is 0. The fourth-order valence-electron chi connectivity index (χ4n) is 1.58. The third kappa shape index (κ3) is 3.24. The zero-order valence-electron chi connectivity index (χ0n) is 11.2. The highest BCUT2D eigenvalue weighted by Crippen LogP contribution is 2.22. The number of nitrogens with zero attached hydrogens (tertiary/aromatic N) is 2. The van der Waals surface area contributed by atoms with Crippen molar-refractivity contribution < 1.29 is 4.79 Å². The van der Waals surface area contributed by atoms with E-state index >= 15 is 0 Å². The van der Waals surface area contributed by atoms with Crippen LogP contribution in [0.2, 0.25) is 5.15 Å². The first-order valence-electron chi connectivity index (χ1n) is 6.06. The number of carbonyl (C=O) groups is 1. The summed E-state index contributed by atoms with van der Waals surface area (Å²) in [4.78, 5) is 19.9. The van der Waals surface area contributed by atoms with Crippen LogP contribution in [-0.4, -0.2) is 21.4 Å². The van der Waals surface area contributed by atoms with E-state index in [9.17, 15) is 4.79 Å². The molecule has 104 valence electrons. The summed E-state index contributed by atoms with van der Waals surface area (Å²) in [6.07, 6.45) is 0. The molecular formula is C14H15ClN4O. The van der Waals surface area contributed by atoms with Crippen molar-refractivity contribution in [2.45, 2.75) is 19.4 Å². The van der Waals surface area contributed by atoms with Gasteiger partial charge >= 0.3 is 0 Å². The number of primary amides is 1. The first-order valence-corrected chi connectivity index (χ1v) is 6.44. The Hall–Kier alpha value is -2.14. The number of aromatic nitrogens is 2. The molecule has 0 atom stereocenters. The van der Waals surface area contributed by atoms with Crippen LogP contribution in [0.3, 0.4) is 0 Å². The lowest BCUT2D eigenvalue weighted by Gasteiger charge is -2.23. The number of benzene rings is 1. The maximum Gasteiger partial charge on any atom is 0.242 e. The smallest absolute Gasteiger partial charge is 0.242 e. The van der Waals surface area contributed by atoms with Crippen molar-refractivity contribution in [1.29, 1.82) is 0 Å². The summed E-state index contributed by atoms with van der Waals surface area (Å²) in [5, 5.41) is 3.25. The predicted molar refractivity (Wildman–Crippen MR) is 79.4 cm³/mol. The van der Waals surface area contributed by atoms with Gasteiger partial charge in [0.05, 0.1) is 0 Å². The van der Waals surface area contributed by atoms with Gasteiger partial charge in [0.1, 0.15) is 16.5 Å². The van der Waals surface area contributed by atoms with Crippen LogP contribution in [0.1, 0.15) is 13.8 Å². The number of rotatable bonds is 4. The average Bonchev–Trinajstić information content (AvgIpc) is 2.38. The molecule has 0 aliphatic heterocycles. The largest absolute Gasteiger partial charge is 0.368 e. The molecule has 0 aliphatic rings. The molecule has 0 radical (unpaired) electrons. The molecule has 0 unspecified atom stereocenters. The van der Waals surface area contributed by atoms with Crippen molar-refractivity contribution in [2.24, 2.45) is 5.73 Å². The second-order valence-corrected chi connectivity index (χ2v) is 5.27. The molecule has 0 saturated heterocycles. The van der Waals surface area contributed by atoms with Crippen molar-refractivity contribution in [1.82, 2.24) is 9.97 Å². The first-order chi connectivity index (χ1) is 9.38. The van der Waals surface area contributed by atoms with E-state index in [1.165, 1.54) is 0 Å². The fraction of sp³-hybridized carbons (Fsp3) is 0.214. The summed E-state index contributed by atoms with van der Waals surface area (Å²) in [5.74, 6) is 0.460. The topological polar surface area (TPSA) is 80.9 Å². The SMILES string of the molecule is CC(C)(Nc1cc(Cl)nc(-c2ccccc2)n1)C(N)=O. The lowest BCUT2D eigenvalue weighted by Crippen LogP contribution is -2.45. The number of amides is 1. The van der Waals surface area contributed by atoms with E-state index in [2.05, 4.69) is 15.3 Å². The Bertz CT molecular complexity index is 628. The predicted octanol–water partition coefficient (Wildman–Crippen LogP) is 2.47. The van der Waals surface area contributed by atoms with Crippen molar-refractivity contribution in [3.63, 3.8) is 0 Å². The second-order valence-electron chi connectivity index (χ2n) is 4.88. The molecule has 3 N–H and O–H groups in total. The monoisotopic (exact) mass is 290 g/mol. The molecule has 5 nitrogen and oxygen atoms in total. The van der Waals surface area contributed by atoms with Crippen molar-refractivity contribution in [3.05, 3.63) is 41.6 Å². The maximum absolute atomic E-state index is 11.3. The van der Waals surface area contributed by atoms with Crippen molar-refractivity contribution in [3.8, 4) is 11.4 Å². The zero-order chi connectivity index (χ0) is 14.8. The van der Waals surface area contributed by atoms with Gasteiger partial charge in [0.2, 0.25) is 5.91 Å². The fourth-order valence-corrected chi connectivity index (χ4v) is 1.76. The van der Waals surface area contributed by atoms with E-state index in [0.717, 1.165) is 5.56 Å². The number of anilines is 1.